The lowest BCUT2D eigenvalue weighted by Gasteiger charge is -2.37. The molecule has 0 amide bonds. The summed E-state index contributed by atoms with van der Waals surface area (Å²) >= 11 is 0. The highest BCUT2D eigenvalue weighted by atomic mass is 16.3. The van der Waals surface area contributed by atoms with Crippen molar-refractivity contribution in [3.05, 3.63) is 70.9 Å². The third-order valence-corrected chi connectivity index (χ3v) is 6.93. The summed E-state index contributed by atoms with van der Waals surface area (Å²) in [6.45, 7) is 6.96. The highest BCUT2D eigenvalue weighted by molar-refractivity contribution is 5.86. The molecule has 1 unspecified atom stereocenters. The standard InChI is InChI=1S/C25H31N3O/c1-18-10-11-23-22(14-18)21-8-5-9-24-25(21)28(23)13-12-27(24)17-20(29)16-26-15-19-6-3-2-4-7-19/h2-4,6-7,10-11,14,20,24,26,29H,5,8-9,12-13,15-17H2,1H3/p+2/t20-,24+/m1/s1. The number of nitrogens with zero attached hydrogens (tertiary/aromatic N) is 1. The second-order valence-electron chi connectivity index (χ2n) is 8.96. The second kappa shape index (κ2) is 7.94. The number of nitrogens with two attached hydrogens (primary N) is 1. The molecule has 2 aromatic carbocycles. The fraction of sp³-hybridized carbons (Fsp3) is 0.440. The lowest BCUT2D eigenvalue weighted by atomic mass is 9.89. The molecule has 2 heterocycles. The van der Waals surface area contributed by atoms with Crippen molar-refractivity contribution in [1.82, 2.24) is 4.57 Å². The summed E-state index contributed by atoms with van der Waals surface area (Å²) in [5.41, 5.74) is 7.25. The third kappa shape index (κ3) is 3.61. The summed E-state index contributed by atoms with van der Waals surface area (Å²) in [6, 6.07) is 18.0. The molecule has 5 rings (SSSR count). The normalized spacial score (nSPS) is 21.9. The third-order valence-electron chi connectivity index (χ3n) is 6.93. The van der Waals surface area contributed by atoms with Crippen LogP contribution in [-0.2, 0) is 19.5 Å². The molecule has 0 fully saturated rings. The highest BCUT2D eigenvalue weighted by Gasteiger charge is 2.38. The smallest absolute Gasteiger partial charge is 0.151 e. The molecule has 4 N–H and O–H groups in total. The van der Waals surface area contributed by atoms with Crippen molar-refractivity contribution >= 4 is 10.9 Å². The molecule has 1 aliphatic heterocycles. The van der Waals surface area contributed by atoms with Crippen molar-refractivity contribution in [3.63, 3.8) is 0 Å². The lowest BCUT2D eigenvalue weighted by molar-refractivity contribution is -0.941. The van der Waals surface area contributed by atoms with Crippen LogP contribution in [0.15, 0.2) is 48.5 Å². The van der Waals surface area contributed by atoms with Gasteiger partial charge in [-0.1, -0.05) is 42.0 Å². The average molecular weight is 392 g/mol. The number of aromatic nitrogens is 1. The molecule has 1 aromatic heterocycles. The zero-order valence-electron chi connectivity index (χ0n) is 17.4. The van der Waals surface area contributed by atoms with E-state index in [1.54, 1.807) is 16.2 Å². The molecule has 2 aliphatic rings. The molecule has 0 radical (unpaired) electrons. The van der Waals surface area contributed by atoms with E-state index in [0.29, 0.717) is 6.04 Å². The molecule has 0 saturated carbocycles. The average Bonchev–Trinajstić information content (AvgIpc) is 3.05. The second-order valence-corrected chi connectivity index (χ2v) is 8.96. The Hall–Kier alpha value is -2.14. The van der Waals surface area contributed by atoms with E-state index in [2.05, 4.69) is 65.3 Å². The molecule has 152 valence electrons. The molecular formula is C25H33N3O+2. The summed E-state index contributed by atoms with van der Waals surface area (Å²) < 4.78 is 2.59. The van der Waals surface area contributed by atoms with Gasteiger partial charge in [0.1, 0.15) is 25.7 Å². The van der Waals surface area contributed by atoms with Crippen LogP contribution in [0.3, 0.4) is 0 Å². The van der Waals surface area contributed by atoms with Crippen molar-refractivity contribution in [2.45, 2.75) is 51.4 Å². The van der Waals surface area contributed by atoms with E-state index in [-0.39, 0.29) is 6.10 Å². The fourth-order valence-corrected chi connectivity index (χ4v) is 5.59. The first-order valence-corrected chi connectivity index (χ1v) is 11.2. The van der Waals surface area contributed by atoms with Gasteiger partial charge in [-0.3, -0.25) is 0 Å². The Labute approximate surface area is 173 Å². The monoisotopic (exact) mass is 391 g/mol. The number of fused-ring (bicyclic) bond motifs is 3. The maximum absolute atomic E-state index is 10.7. The van der Waals surface area contributed by atoms with Crippen LogP contribution in [0.25, 0.3) is 10.9 Å². The van der Waals surface area contributed by atoms with Crippen molar-refractivity contribution in [1.29, 1.82) is 0 Å². The van der Waals surface area contributed by atoms with E-state index in [4.69, 9.17) is 0 Å². The summed E-state index contributed by atoms with van der Waals surface area (Å²) in [4.78, 5) is 1.58. The van der Waals surface area contributed by atoms with Gasteiger partial charge in [0.2, 0.25) is 0 Å². The molecule has 3 aromatic rings. The number of hydrogen-bond acceptors (Lipinski definition) is 1. The number of nitrogens with one attached hydrogen (secondary N) is 1. The van der Waals surface area contributed by atoms with E-state index >= 15 is 0 Å². The van der Waals surface area contributed by atoms with E-state index in [1.807, 2.05) is 0 Å². The number of aliphatic hydroxyl groups excluding tert-OH is 1. The first-order valence-electron chi connectivity index (χ1n) is 11.2. The van der Waals surface area contributed by atoms with Gasteiger partial charge in [0.25, 0.3) is 0 Å². The maximum Gasteiger partial charge on any atom is 0.151 e. The summed E-state index contributed by atoms with van der Waals surface area (Å²) in [5, 5.41) is 14.5. The summed E-state index contributed by atoms with van der Waals surface area (Å²) in [5.74, 6) is 0. The van der Waals surface area contributed by atoms with Gasteiger partial charge < -0.3 is 19.9 Å². The Kier molecular flexibility index (Phi) is 5.17. The minimum Gasteiger partial charge on any atom is -0.382 e. The number of rotatable bonds is 6. The van der Waals surface area contributed by atoms with Crippen LogP contribution < -0.4 is 10.2 Å². The van der Waals surface area contributed by atoms with Crippen LogP contribution in [0.2, 0.25) is 0 Å². The quantitative estimate of drug-likeness (QED) is 0.584. The number of hydrogen-bond donors (Lipinski definition) is 3. The summed E-state index contributed by atoms with van der Waals surface area (Å²) in [6.07, 6.45) is 3.47. The molecule has 3 atom stereocenters. The van der Waals surface area contributed by atoms with Crippen LogP contribution in [0.1, 0.15) is 41.3 Å². The largest absolute Gasteiger partial charge is 0.382 e. The van der Waals surface area contributed by atoms with Crippen molar-refractivity contribution < 1.29 is 15.3 Å². The Morgan fingerprint density at radius 1 is 1.21 bits per heavy atom. The number of benzene rings is 2. The van der Waals surface area contributed by atoms with Crippen LogP contribution >= 0.6 is 0 Å². The van der Waals surface area contributed by atoms with Gasteiger partial charge in [-0.15, -0.1) is 0 Å². The predicted molar refractivity (Wildman–Crippen MR) is 116 cm³/mol. The van der Waals surface area contributed by atoms with Gasteiger partial charge in [0.15, 0.2) is 6.10 Å². The predicted octanol–water partition coefficient (Wildman–Crippen LogP) is 1.35. The van der Waals surface area contributed by atoms with Crippen molar-refractivity contribution in [2.75, 3.05) is 19.6 Å². The molecule has 0 spiro atoms. The molecule has 4 nitrogen and oxygen atoms in total. The number of aryl methyl sites for hydroxylation is 2. The molecule has 0 saturated heterocycles. The lowest BCUT2D eigenvalue weighted by Crippen LogP contribution is -3.15. The van der Waals surface area contributed by atoms with E-state index in [1.165, 1.54) is 41.3 Å². The van der Waals surface area contributed by atoms with Crippen LogP contribution in [0, 0.1) is 6.92 Å². The highest BCUT2D eigenvalue weighted by Crippen LogP contribution is 2.37. The zero-order valence-corrected chi connectivity index (χ0v) is 17.4. The van der Waals surface area contributed by atoms with Crippen LogP contribution in [0.4, 0.5) is 0 Å². The fourth-order valence-electron chi connectivity index (χ4n) is 5.59. The Balaban J connectivity index is 1.29. The van der Waals surface area contributed by atoms with Gasteiger partial charge in [-0.2, -0.15) is 0 Å². The zero-order chi connectivity index (χ0) is 19.8. The summed E-state index contributed by atoms with van der Waals surface area (Å²) in [7, 11) is 0. The Bertz CT molecular complexity index is 994. The van der Waals surface area contributed by atoms with Crippen molar-refractivity contribution in [2.24, 2.45) is 0 Å². The topological polar surface area (TPSA) is 46.2 Å². The Morgan fingerprint density at radius 3 is 2.93 bits per heavy atom. The van der Waals surface area contributed by atoms with Crippen LogP contribution in [-0.4, -0.2) is 35.4 Å². The van der Waals surface area contributed by atoms with Crippen LogP contribution in [0.5, 0.6) is 0 Å². The molecule has 29 heavy (non-hydrogen) atoms. The van der Waals surface area contributed by atoms with E-state index < -0.39 is 0 Å². The number of aliphatic hydroxyl groups is 1. The first-order chi connectivity index (χ1) is 14.2. The van der Waals surface area contributed by atoms with Gasteiger partial charge in [-0.25, -0.2) is 0 Å². The first kappa shape index (κ1) is 18.9. The van der Waals surface area contributed by atoms with E-state index in [0.717, 1.165) is 32.7 Å². The molecular weight excluding hydrogens is 358 g/mol. The minimum absolute atomic E-state index is 0.253. The SMILES string of the molecule is Cc1ccc2c(c1)c1c3n2CC[NH+](C[C@H](O)C[NH2+]Cc2ccccc2)[C@H]3CCC1. The molecule has 1 aliphatic carbocycles. The molecule has 0 bridgehead atoms. The molecule has 4 heteroatoms. The van der Waals surface area contributed by atoms with Gasteiger partial charge in [0, 0.05) is 22.9 Å². The van der Waals surface area contributed by atoms with Gasteiger partial charge in [0.05, 0.1) is 18.8 Å². The maximum atomic E-state index is 10.7. The van der Waals surface area contributed by atoms with E-state index in [9.17, 15) is 5.11 Å². The Morgan fingerprint density at radius 2 is 2.07 bits per heavy atom. The van der Waals surface area contributed by atoms with Gasteiger partial charge >= 0.3 is 0 Å². The minimum atomic E-state index is -0.253. The number of quaternary nitrogens is 2. The van der Waals surface area contributed by atoms with Gasteiger partial charge in [-0.05, 0) is 37.5 Å². The van der Waals surface area contributed by atoms with Crippen molar-refractivity contribution in [3.8, 4) is 0 Å².